The van der Waals surface area contributed by atoms with E-state index in [-0.39, 0.29) is 18.3 Å². The van der Waals surface area contributed by atoms with Crippen LogP contribution in [-0.2, 0) is 14.2 Å². The molecule has 0 radical (unpaired) electrons. The largest absolute Gasteiger partial charge is 0.373 e. The van der Waals surface area contributed by atoms with Crippen LogP contribution in [0.15, 0.2) is 0 Å². The fourth-order valence-corrected chi connectivity index (χ4v) is 2.81. The van der Waals surface area contributed by atoms with Crippen LogP contribution in [0, 0.1) is 29.1 Å². The molecule has 0 aromatic heterocycles. The minimum Gasteiger partial charge on any atom is -0.373 e. The second-order valence-corrected chi connectivity index (χ2v) is 6.24. The average molecular weight is 281 g/mol. The molecule has 0 aromatic carbocycles. The molecule has 114 valence electrons. The summed E-state index contributed by atoms with van der Waals surface area (Å²) in [6.45, 7) is 6.43. The average Bonchev–Trinajstić information content (AvgIpc) is 2.53. The molecule has 4 heteroatoms. The first-order valence-corrected chi connectivity index (χ1v) is 7.97. The van der Waals surface area contributed by atoms with Crippen LogP contribution in [0.1, 0.15) is 46.0 Å². The third-order valence-electron chi connectivity index (χ3n) is 4.55. The summed E-state index contributed by atoms with van der Waals surface area (Å²) in [4.78, 5) is 0. The Kier molecular flexibility index (Phi) is 6.28. The smallest absolute Gasteiger partial charge is 0.160 e. The Labute approximate surface area is 122 Å². The van der Waals surface area contributed by atoms with Crippen molar-refractivity contribution >= 4 is 0 Å². The maximum absolute atomic E-state index is 8.92. The molecule has 1 aliphatic carbocycles. The van der Waals surface area contributed by atoms with Gasteiger partial charge in [-0.25, -0.2) is 0 Å². The lowest BCUT2D eigenvalue weighted by molar-refractivity contribution is -0.250. The molecule has 1 atom stereocenters. The third-order valence-corrected chi connectivity index (χ3v) is 4.55. The van der Waals surface area contributed by atoms with E-state index in [1.165, 1.54) is 0 Å². The molecular weight excluding hydrogens is 254 g/mol. The lowest BCUT2D eigenvalue weighted by atomic mass is 9.82. The Morgan fingerprint density at radius 2 is 1.85 bits per heavy atom. The van der Waals surface area contributed by atoms with Gasteiger partial charge in [-0.15, -0.1) is 0 Å². The molecule has 2 rings (SSSR count). The van der Waals surface area contributed by atoms with Crippen LogP contribution in [0.5, 0.6) is 0 Å². The Morgan fingerprint density at radius 1 is 1.20 bits per heavy atom. The Bertz CT molecular complexity index is 312. The van der Waals surface area contributed by atoms with Crippen molar-refractivity contribution in [3.63, 3.8) is 0 Å². The van der Waals surface area contributed by atoms with Gasteiger partial charge in [0.25, 0.3) is 0 Å². The van der Waals surface area contributed by atoms with E-state index in [4.69, 9.17) is 19.5 Å². The van der Waals surface area contributed by atoms with Crippen molar-refractivity contribution < 1.29 is 14.2 Å². The van der Waals surface area contributed by atoms with Gasteiger partial charge in [0.1, 0.15) is 6.10 Å². The quantitative estimate of drug-likeness (QED) is 0.777. The lowest BCUT2D eigenvalue weighted by Gasteiger charge is -2.36. The van der Waals surface area contributed by atoms with Gasteiger partial charge >= 0.3 is 0 Å². The molecule has 2 aliphatic rings. The summed E-state index contributed by atoms with van der Waals surface area (Å²) in [5.74, 6) is 1.28. The van der Waals surface area contributed by atoms with Crippen LogP contribution < -0.4 is 0 Å². The number of ether oxygens (including phenoxy) is 3. The predicted molar refractivity (Wildman–Crippen MR) is 75.9 cm³/mol. The van der Waals surface area contributed by atoms with E-state index in [9.17, 15) is 0 Å². The van der Waals surface area contributed by atoms with Gasteiger partial charge in [-0.05, 0) is 31.6 Å². The SMILES string of the molecule is CCC(C)COC1COC(C2CCC(C#N)CC2)OC1. The third kappa shape index (κ3) is 4.44. The van der Waals surface area contributed by atoms with Gasteiger partial charge in [-0.3, -0.25) is 0 Å². The predicted octanol–water partition coefficient (Wildman–Crippen LogP) is 3.12. The van der Waals surface area contributed by atoms with Crippen molar-refractivity contribution in [1.82, 2.24) is 0 Å². The van der Waals surface area contributed by atoms with Gasteiger partial charge < -0.3 is 14.2 Å². The van der Waals surface area contributed by atoms with Crippen LogP contribution in [0.3, 0.4) is 0 Å². The summed E-state index contributed by atoms with van der Waals surface area (Å²) in [6, 6.07) is 2.37. The van der Waals surface area contributed by atoms with E-state index in [1.807, 2.05) is 0 Å². The zero-order valence-corrected chi connectivity index (χ0v) is 12.7. The van der Waals surface area contributed by atoms with E-state index < -0.39 is 0 Å². The fourth-order valence-electron chi connectivity index (χ4n) is 2.81. The Morgan fingerprint density at radius 3 is 2.40 bits per heavy atom. The molecule has 1 saturated carbocycles. The molecule has 0 amide bonds. The first-order chi connectivity index (χ1) is 9.72. The van der Waals surface area contributed by atoms with Crippen molar-refractivity contribution in [2.75, 3.05) is 19.8 Å². The van der Waals surface area contributed by atoms with Gasteiger partial charge in [0.15, 0.2) is 6.29 Å². The highest BCUT2D eigenvalue weighted by molar-refractivity contribution is 4.88. The number of hydrogen-bond acceptors (Lipinski definition) is 4. The highest BCUT2D eigenvalue weighted by Gasteiger charge is 2.32. The fraction of sp³-hybridized carbons (Fsp3) is 0.938. The summed E-state index contributed by atoms with van der Waals surface area (Å²) < 4.78 is 17.5. The standard InChI is InChI=1S/C16H27NO3/c1-3-12(2)9-18-15-10-19-16(20-11-15)14-6-4-13(8-17)5-7-14/h12-16H,3-7,9-11H2,1-2H3. The van der Waals surface area contributed by atoms with Crippen LogP contribution in [0.25, 0.3) is 0 Å². The minimum absolute atomic E-state index is 0.0793. The molecule has 1 heterocycles. The monoisotopic (exact) mass is 281 g/mol. The minimum atomic E-state index is -0.0851. The van der Waals surface area contributed by atoms with Crippen LogP contribution in [0.2, 0.25) is 0 Å². The van der Waals surface area contributed by atoms with E-state index >= 15 is 0 Å². The molecule has 4 nitrogen and oxygen atoms in total. The van der Waals surface area contributed by atoms with Crippen molar-refractivity contribution in [1.29, 1.82) is 5.26 Å². The van der Waals surface area contributed by atoms with Crippen molar-refractivity contribution in [2.45, 2.75) is 58.3 Å². The molecule has 0 aromatic rings. The summed E-state index contributed by atoms with van der Waals surface area (Å²) in [6.07, 6.45) is 5.19. The maximum Gasteiger partial charge on any atom is 0.160 e. The number of nitrogens with zero attached hydrogens (tertiary/aromatic N) is 1. The summed E-state index contributed by atoms with van der Waals surface area (Å²) in [5.41, 5.74) is 0. The summed E-state index contributed by atoms with van der Waals surface area (Å²) in [7, 11) is 0. The number of hydrogen-bond donors (Lipinski definition) is 0. The van der Waals surface area contributed by atoms with E-state index in [1.54, 1.807) is 0 Å². The van der Waals surface area contributed by atoms with Gasteiger partial charge in [-0.1, -0.05) is 20.3 Å². The normalized spacial score (nSPS) is 36.2. The van der Waals surface area contributed by atoms with Crippen LogP contribution in [-0.4, -0.2) is 32.2 Å². The first-order valence-electron chi connectivity index (χ1n) is 7.97. The maximum atomic E-state index is 8.92. The highest BCUT2D eigenvalue weighted by atomic mass is 16.7. The molecule has 1 saturated heterocycles. The zero-order chi connectivity index (χ0) is 14.4. The molecule has 20 heavy (non-hydrogen) atoms. The van der Waals surface area contributed by atoms with E-state index in [2.05, 4.69) is 19.9 Å². The van der Waals surface area contributed by atoms with Gasteiger partial charge in [0.05, 0.1) is 19.3 Å². The molecular formula is C16H27NO3. The van der Waals surface area contributed by atoms with Crippen molar-refractivity contribution in [2.24, 2.45) is 17.8 Å². The first kappa shape index (κ1) is 15.8. The molecule has 0 N–H and O–H groups in total. The summed E-state index contributed by atoms with van der Waals surface area (Å²) >= 11 is 0. The van der Waals surface area contributed by atoms with Crippen molar-refractivity contribution in [3.05, 3.63) is 0 Å². The van der Waals surface area contributed by atoms with Crippen LogP contribution >= 0.6 is 0 Å². The second kappa shape index (κ2) is 7.97. The van der Waals surface area contributed by atoms with Crippen molar-refractivity contribution in [3.8, 4) is 6.07 Å². The van der Waals surface area contributed by atoms with Gasteiger partial charge in [0.2, 0.25) is 0 Å². The molecule has 2 fully saturated rings. The number of nitriles is 1. The Hall–Kier alpha value is -0.630. The molecule has 0 spiro atoms. The van der Waals surface area contributed by atoms with Gasteiger partial charge in [-0.2, -0.15) is 5.26 Å². The summed E-state index contributed by atoms with van der Waals surface area (Å²) in [5, 5.41) is 8.92. The topological polar surface area (TPSA) is 51.5 Å². The van der Waals surface area contributed by atoms with E-state index in [0.29, 0.717) is 25.0 Å². The number of rotatable bonds is 5. The molecule has 0 bridgehead atoms. The van der Waals surface area contributed by atoms with E-state index in [0.717, 1.165) is 38.7 Å². The molecule has 1 aliphatic heterocycles. The van der Waals surface area contributed by atoms with Crippen LogP contribution in [0.4, 0.5) is 0 Å². The second-order valence-electron chi connectivity index (χ2n) is 6.24. The highest BCUT2D eigenvalue weighted by Crippen LogP contribution is 2.33. The lowest BCUT2D eigenvalue weighted by Crippen LogP contribution is -2.42. The molecule has 1 unspecified atom stereocenters. The zero-order valence-electron chi connectivity index (χ0n) is 12.7. The Balaban J connectivity index is 1.66. The van der Waals surface area contributed by atoms with Gasteiger partial charge in [0, 0.05) is 18.4 Å².